The van der Waals surface area contributed by atoms with Gasteiger partial charge in [0.2, 0.25) is 0 Å². The molecule has 3 nitrogen and oxygen atoms in total. The van der Waals surface area contributed by atoms with Crippen LogP contribution in [-0.2, 0) is 0 Å². The van der Waals surface area contributed by atoms with Gasteiger partial charge in [-0.2, -0.15) is 11.8 Å². The summed E-state index contributed by atoms with van der Waals surface area (Å²) in [5.74, 6) is 3.27. The molecular formula is C14H27N3S. The molecule has 0 spiro atoms. The van der Waals surface area contributed by atoms with Crippen LogP contribution in [0.4, 0.5) is 0 Å². The van der Waals surface area contributed by atoms with Gasteiger partial charge in [0.1, 0.15) is 0 Å². The van der Waals surface area contributed by atoms with Gasteiger partial charge in [-0.25, -0.2) is 0 Å². The fraction of sp³-hybridized carbons (Fsp3) is 0.929. The number of guanidine groups is 1. The molecule has 2 aliphatic rings. The molecule has 0 saturated heterocycles. The minimum absolute atomic E-state index is 0.576. The van der Waals surface area contributed by atoms with Crippen LogP contribution in [0.25, 0.3) is 0 Å². The SMILES string of the molecule is CCSCCC1CN=C(N)N1C1CCCCCC1. The Bertz CT molecular complexity index is 272. The van der Waals surface area contributed by atoms with Crippen molar-refractivity contribution in [2.75, 3.05) is 18.1 Å². The maximum absolute atomic E-state index is 6.12. The summed E-state index contributed by atoms with van der Waals surface area (Å²) in [6.45, 7) is 3.15. The second-order valence-corrected chi connectivity index (χ2v) is 6.78. The number of nitrogens with two attached hydrogens (primary N) is 1. The molecule has 18 heavy (non-hydrogen) atoms. The second kappa shape index (κ2) is 7.27. The molecule has 0 aromatic heterocycles. The predicted octanol–water partition coefficient (Wildman–Crippen LogP) is 2.85. The second-order valence-electron chi connectivity index (χ2n) is 5.39. The summed E-state index contributed by atoms with van der Waals surface area (Å²) >= 11 is 2.03. The lowest BCUT2D eigenvalue weighted by Crippen LogP contribution is -2.47. The largest absolute Gasteiger partial charge is 0.370 e. The molecule has 0 aromatic carbocycles. The monoisotopic (exact) mass is 269 g/mol. The van der Waals surface area contributed by atoms with Crippen molar-refractivity contribution in [3.63, 3.8) is 0 Å². The van der Waals surface area contributed by atoms with Crippen molar-refractivity contribution in [1.82, 2.24) is 4.90 Å². The van der Waals surface area contributed by atoms with E-state index in [0.717, 1.165) is 12.5 Å². The van der Waals surface area contributed by atoms with Crippen LogP contribution in [0.5, 0.6) is 0 Å². The zero-order valence-electron chi connectivity index (χ0n) is 11.6. The van der Waals surface area contributed by atoms with Gasteiger partial charge >= 0.3 is 0 Å². The van der Waals surface area contributed by atoms with Gasteiger partial charge in [0.25, 0.3) is 0 Å². The van der Waals surface area contributed by atoms with Gasteiger partial charge in [-0.1, -0.05) is 32.6 Å². The Hall–Kier alpha value is -0.380. The van der Waals surface area contributed by atoms with Crippen LogP contribution >= 0.6 is 11.8 Å². The van der Waals surface area contributed by atoms with Crippen LogP contribution in [-0.4, -0.2) is 41.0 Å². The molecule has 2 N–H and O–H groups in total. The van der Waals surface area contributed by atoms with E-state index in [1.54, 1.807) is 0 Å². The Labute approximate surface area is 116 Å². The summed E-state index contributed by atoms with van der Waals surface area (Å²) in [4.78, 5) is 6.95. The van der Waals surface area contributed by atoms with E-state index >= 15 is 0 Å². The molecule has 1 aliphatic heterocycles. The maximum Gasteiger partial charge on any atom is 0.191 e. The van der Waals surface area contributed by atoms with Crippen LogP contribution in [0.15, 0.2) is 4.99 Å². The van der Waals surface area contributed by atoms with Gasteiger partial charge in [-0.3, -0.25) is 4.99 Å². The van der Waals surface area contributed by atoms with E-state index in [2.05, 4.69) is 16.8 Å². The Morgan fingerprint density at radius 1 is 1.28 bits per heavy atom. The van der Waals surface area contributed by atoms with Crippen LogP contribution in [0.1, 0.15) is 51.9 Å². The predicted molar refractivity (Wildman–Crippen MR) is 81.2 cm³/mol. The third kappa shape index (κ3) is 3.56. The van der Waals surface area contributed by atoms with E-state index in [-0.39, 0.29) is 0 Å². The zero-order valence-corrected chi connectivity index (χ0v) is 12.4. The molecule has 4 heteroatoms. The van der Waals surface area contributed by atoms with E-state index in [4.69, 9.17) is 5.73 Å². The number of nitrogens with zero attached hydrogens (tertiary/aromatic N) is 2. The van der Waals surface area contributed by atoms with Gasteiger partial charge in [0, 0.05) is 6.04 Å². The average molecular weight is 269 g/mol. The first-order chi connectivity index (χ1) is 8.83. The molecule has 0 radical (unpaired) electrons. The number of hydrogen-bond donors (Lipinski definition) is 1. The van der Waals surface area contributed by atoms with Crippen molar-refractivity contribution < 1.29 is 0 Å². The maximum atomic E-state index is 6.12. The molecule has 1 atom stereocenters. The van der Waals surface area contributed by atoms with E-state index in [0.29, 0.717) is 12.1 Å². The average Bonchev–Trinajstić information content (AvgIpc) is 2.59. The minimum Gasteiger partial charge on any atom is -0.370 e. The Kier molecular flexibility index (Phi) is 5.67. The molecule has 0 aromatic rings. The van der Waals surface area contributed by atoms with Crippen LogP contribution < -0.4 is 5.73 Å². The van der Waals surface area contributed by atoms with Gasteiger partial charge in [-0.15, -0.1) is 0 Å². The highest BCUT2D eigenvalue weighted by molar-refractivity contribution is 7.99. The molecule has 104 valence electrons. The smallest absolute Gasteiger partial charge is 0.191 e. The van der Waals surface area contributed by atoms with E-state index in [1.165, 1.54) is 56.5 Å². The fourth-order valence-corrected chi connectivity index (χ4v) is 3.90. The molecule has 0 amide bonds. The summed E-state index contributed by atoms with van der Waals surface area (Å²) in [7, 11) is 0. The molecule has 1 heterocycles. The van der Waals surface area contributed by atoms with E-state index in [1.807, 2.05) is 11.8 Å². The Morgan fingerprint density at radius 3 is 2.67 bits per heavy atom. The number of rotatable bonds is 5. The molecule has 2 rings (SSSR count). The van der Waals surface area contributed by atoms with Crippen molar-refractivity contribution in [3.8, 4) is 0 Å². The van der Waals surface area contributed by atoms with Crippen molar-refractivity contribution in [2.24, 2.45) is 10.7 Å². The van der Waals surface area contributed by atoms with Gasteiger partial charge < -0.3 is 10.6 Å². The highest BCUT2D eigenvalue weighted by Gasteiger charge is 2.31. The molecule has 1 unspecified atom stereocenters. The van der Waals surface area contributed by atoms with Crippen LogP contribution in [0, 0.1) is 0 Å². The Balaban J connectivity index is 1.90. The first-order valence-corrected chi connectivity index (χ1v) is 8.64. The van der Waals surface area contributed by atoms with Crippen LogP contribution in [0.2, 0.25) is 0 Å². The number of hydrogen-bond acceptors (Lipinski definition) is 4. The summed E-state index contributed by atoms with van der Waals surface area (Å²) in [5, 5.41) is 0. The highest BCUT2D eigenvalue weighted by Crippen LogP contribution is 2.27. The van der Waals surface area contributed by atoms with Crippen molar-refractivity contribution in [2.45, 2.75) is 64.0 Å². The molecule has 1 fully saturated rings. The first kappa shape index (κ1) is 14.0. The van der Waals surface area contributed by atoms with Gasteiger partial charge in [-0.05, 0) is 30.8 Å². The molecular weight excluding hydrogens is 242 g/mol. The van der Waals surface area contributed by atoms with Crippen LogP contribution in [0.3, 0.4) is 0 Å². The third-order valence-corrected chi connectivity index (χ3v) is 5.07. The van der Waals surface area contributed by atoms with E-state index < -0.39 is 0 Å². The topological polar surface area (TPSA) is 41.6 Å². The molecule has 0 bridgehead atoms. The fourth-order valence-electron chi connectivity index (χ4n) is 3.17. The third-order valence-electron chi connectivity index (χ3n) is 4.14. The minimum atomic E-state index is 0.576. The van der Waals surface area contributed by atoms with Gasteiger partial charge in [0.05, 0.1) is 12.6 Å². The summed E-state index contributed by atoms with van der Waals surface area (Å²) in [5.41, 5.74) is 6.12. The standard InChI is InChI=1S/C14H27N3S/c1-2-18-10-9-13-11-16-14(15)17(13)12-7-5-3-4-6-8-12/h12-13H,2-11H2,1H3,(H2,15,16). The summed E-state index contributed by atoms with van der Waals surface area (Å²) < 4.78 is 0. The summed E-state index contributed by atoms with van der Waals surface area (Å²) in [6.07, 6.45) is 9.39. The van der Waals surface area contributed by atoms with Crippen molar-refractivity contribution in [1.29, 1.82) is 0 Å². The molecule has 1 saturated carbocycles. The number of aliphatic imine (C=N–C) groups is 1. The van der Waals surface area contributed by atoms with Gasteiger partial charge in [0.15, 0.2) is 5.96 Å². The van der Waals surface area contributed by atoms with E-state index in [9.17, 15) is 0 Å². The van der Waals surface area contributed by atoms with Crippen molar-refractivity contribution in [3.05, 3.63) is 0 Å². The van der Waals surface area contributed by atoms with Crippen molar-refractivity contribution >= 4 is 17.7 Å². The normalized spacial score (nSPS) is 26.2. The lowest BCUT2D eigenvalue weighted by Gasteiger charge is -2.34. The highest BCUT2D eigenvalue weighted by atomic mass is 32.2. The summed E-state index contributed by atoms with van der Waals surface area (Å²) in [6, 6.07) is 1.24. The zero-order chi connectivity index (χ0) is 12.8. The quantitative estimate of drug-likeness (QED) is 0.616. The first-order valence-electron chi connectivity index (χ1n) is 7.49. The lowest BCUT2D eigenvalue weighted by atomic mass is 10.0. The number of thioether (sulfide) groups is 1. The molecule has 1 aliphatic carbocycles. The lowest BCUT2D eigenvalue weighted by molar-refractivity contribution is 0.231. The Morgan fingerprint density at radius 2 is 2.00 bits per heavy atom.